The van der Waals surface area contributed by atoms with Crippen LogP contribution in [0.25, 0.3) is 0 Å². The highest BCUT2D eigenvalue weighted by Gasteiger charge is 2.11. The van der Waals surface area contributed by atoms with Gasteiger partial charge in [0.05, 0.1) is 29.2 Å². The molecule has 0 aromatic heterocycles. The van der Waals surface area contributed by atoms with Gasteiger partial charge in [-0.05, 0) is 58.8 Å². The van der Waals surface area contributed by atoms with Crippen LogP contribution in [0.15, 0.2) is 41.5 Å². The molecular weight excluding hydrogens is 504 g/mol. The summed E-state index contributed by atoms with van der Waals surface area (Å²) in [5.41, 5.74) is 3.17. The summed E-state index contributed by atoms with van der Waals surface area (Å²) in [5, 5.41) is 6.34. The molecule has 0 spiro atoms. The summed E-state index contributed by atoms with van der Waals surface area (Å²) in [5.74, 6) is -0.174. The highest BCUT2D eigenvalue weighted by atomic mass is 127. The number of hydrogen-bond acceptors (Lipinski definition) is 5. The van der Waals surface area contributed by atoms with Crippen LogP contribution in [0.3, 0.4) is 0 Å². The topological polar surface area (TPSA) is 89.0 Å². The fourth-order valence-electron chi connectivity index (χ4n) is 2.40. The minimum absolute atomic E-state index is 0.0795. The molecule has 0 fully saturated rings. The number of nitrogens with zero attached hydrogens (tertiary/aromatic N) is 1. The summed E-state index contributed by atoms with van der Waals surface area (Å²) < 4.78 is 25.4. The molecule has 0 unspecified atom stereocenters. The van der Waals surface area contributed by atoms with E-state index in [1.807, 2.05) is 13.0 Å². The van der Waals surface area contributed by atoms with Gasteiger partial charge in [0.15, 0.2) is 11.5 Å². The number of halogens is 2. The minimum atomic E-state index is -0.531. The Labute approximate surface area is 188 Å². The monoisotopic (exact) mass is 527 g/mol. The van der Waals surface area contributed by atoms with Gasteiger partial charge in [0.1, 0.15) is 5.82 Å². The number of hydrogen-bond donors (Lipinski definition) is 2. The van der Waals surface area contributed by atoms with Crippen molar-refractivity contribution in [2.45, 2.75) is 26.2 Å². The number of methoxy groups -OCH3 is 1. The van der Waals surface area contributed by atoms with Crippen molar-refractivity contribution in [2.75, 3.05) is 19.0 Å². The molecule has 0 saturated heterocycles. The van der Waals surface area contributed by atoms with E-state index in [0.29, 0.717) is 18.1 Å². The quantitative estimate of drug-likeness (QED) is 0.277. The molecule has 7 nitrogen and oxygen atoms in total. The van der Waals surface area contributed by atoms with E-state index in [1.165, 1.54) is 24.4 Å². The summed E-state index contributed by atoms with van der Waals surface area (Å²) >= 11 is 2.15. The van der Waals surface area contributed by atoms with Gasteiger partial charge in [-0.3, -0.25) is 9.59 Å². The maximum atomic E-state index is 13.5. The largest absolute Gasteiger partial charge is 0.493 e. The Morgan fingerprint density at radius 2 is 1.93 bits per heavy atom. The summed E-state index contributed by atoms with van der Waals surface area (Å²) in [6, 6.07) is 9.44. The number of nitrogens with one attached hydrogen (secondary N) is 2. The van der Waals surface area contributed by atoms with Gasteiger partial charge < -0.3 is 14.8 Å². The molecule has 9 heteroatoms. The van der Waals surface area contributed by atoms with Crippen LogP contribution in [0.1, 0.15) is 31.7 Å². The van der Waals surface area contributed by atoms with Gasteiger partial charge in [0, 0.05) is 12.8 Å². The second-order valence-electron chi connectivity index (χ2n) is 6.20. The van der Waals surface area contributed by atoms with Crippen LogP contribution in [0, 0.1) is 9.39 Å². The van der Waals surface area contributed by atoms with Crippen LogP contribution in [0.4, 0.5) is 10.1 Å². The van der Waals surface area contributed by atoms with E-state index in [4.69, 9.17) is 9.47 Å². The van der Waals surface area contributed by atoms with Gasteiger partial charge >= 0.3 is 0 Å². The van der Waals surface area contributed by atoms with Crippen molar-refractivity contribution < 1.29 is 23.5 Å². The third-order valence-electron chi connectivity index (χ3n) is 3.83. The van der Waals surface area contributed by atoms with E-state index in [0.717, 1.165) is 15.6 Å². The lowest BCUT2D eigenvalue weighted by Crippen LogP contribution is -2.21. The van der Waals surface area contributed by atoms with Gasteiger partial charge in [-0.2, -0.15) is 5.10 Å². The van der Waals surface area contributed by atoms with Crippen LogP contribution < -0.4 is 20.2 Å². The number of rotatable bonds is 10. The SMILES string of the molecule is CCCOc1c(I)cc(C=NNC(=O)CCC(=O)Nc2ccccc2F)cc1OC. The second-order valence-corrected chi connectivity index (χ2v) is 7.37. The number of ether oxygens (including phenoxy) is 2. The van der Waals surface area contributed by atoms with E-state index < -0.39 is 17.6 Å². The highest BCUT2D eigenvalue weighted by molar-refractivity contribution is 14.1. The van der Waals surface area contributed by atoms with Crippen LogP contribution in [-0.2, 0) is 9.59 Å². The highest BCUT2D eigenvalue weighted by Crippen LogP contribution is 2.33. The lowest BCUT2D eigenvalue weighted by molar-refractivity contribution is -0.124. The van der Waals surface area contributed by atoms with Crippen LogP contribution >= 0.6 is 22.6 Å². The summed E-state index contributed by atoms with van der Waals surface area (Å²) in [7, 11) is 1.55. The third kappa shape index (κ3) is 7.29. The Morgan fingerprint density at radius 3 is 2.63 bits per heavy atom. The zero-order valence-corrected chi connectivity index (χ0v) is 18.9. The van der Waals surface area contributed by atoms with Crippen molar-refractivity contribution >= 4 is 46.3 Å². The van der Waals surface area contributed by atoms with E-state index >= 15 is 0 Å². The maximum absolute atomic E-state index is 13.5. The first kappa shape index (κ1) is 23.6. The normalized spacial score (nSPS) is 10.7. The van der Waals surface area contributed by atoms with E-state index in [2.05, 4.69) is 38.4 Å². The van der Waals surface area contributed by atoms with Crippen molar-refractivity contribution in [1.29, 1.82) is 0 Å². The smallest absolute Gasteiger partial charge is 0.240 e. The minimum Gasteiger partial charge on any atom is -0.493 e. The standard InChI is InChI=1S/C21H23FIN3O4/c1-3-10-30-21-16(23)11-14(12-18(21)29-2)13-24-26-20(28)9-8-19(27)25-17-7-5-4-6-15(17)22/h4-7,11-13H,3,8-10H2,1-2H3,(H,25,27)(H,26,28). The molecule has 2 amide bonds. The van der Waals surface area contributed by atoms with Gasteiger partial charge in [-0.1, -0.05) is 19.1 Å². The van der Waals surface area contributed by atoms with Gasteiger partial charge in [-0.25, -0.2) is 9.82 Å². The molecule has 2 rings (SSSR count). The van der Waals surface area contributed by atoms with E-state index in [1.54, 1.807) is 19.2 Å². The first-order chi connectivity index (χ1) is 14.4. The van der Waals surface area contributed by atoms with Crippen molar-refractivity contribution in [2.24, 2.45) is 5.10 Å². The Bertz CT molecular complexity index is 921. The Balaban J connectivity index is 1.86. The van der Waals surface area contributed by atoms with Crippen molar-refractivity contribution in [1.82, 2.24) is 5.43 Å². The number of carbonyl (C=O) groups excluding carboxylic acids is 2. The molecule has 0 radical (unpaired) electrons. The van der Waals surface area contributed by atoms with Crippen LogP contribution in [0.2, 0.25) is 0 Å². The first-order valence-electron chi connectivity index (χ1n) is 9.31. The average molecular weight is 527 g/mol. The molecule has 0 heterocycles. The fourth-order valence-corrected chi connectivity index (χ4v) is 3.18. The molecule has 2 aromatic rings. The van der Waals surface area contributed by atoms with Crippen molar-refractivity contribution in [3.63, 3.8) is 0 Å². The van der Waals surface area contributed by atoms with Gasteiger partial charge in [0.25, 0.3) is 0 Å². The number of benzene rings is 2. The first-order valence-corrected chi connectivity index (χ1v) is 10.4. The molecule has 30 heavy (non-hydrogen) atoms. The van der Waals surface area contributed by atoms with Crippen LogP contribution in [-0.4, -0.2) is 31.7 Å². The molecule has 0 saturated carbocycles. The molecular formula is C21H23FIN3O4. The molecule has 2 aromatic carbocycles. The van der Waals surface area contributed by atoms with E-state index in [-0.39, 0.29) is 18.5 Å². The number of amides is 2. The molecule has 0 aliphatic rings. The molecule has 0 atom stereocenters. The third-order valence-corrected chi connectivity index (χ3v) is 4.63. The van der Waals surface area contributed by atoms with Crippen molar-refractivity contribution in [3.8, 4) is 11.5 Å². The van der Waals surface area contributed by atoms with Crippen molar-refractivity contribution in [3.05, 3.63) is 51.3 Å². The summed E-state index contributed by atoms with van der Waals surface area (Å²) in [4.78, 5) is 23.8. The molecule has 0 aliphatic heterocycles. The molecule has 0 bridgehead atoms. The maximum Gasteiger partial charge on any atom is 0.240 e. The zero-order valence-electron chi connectivity index (χ0n) is 16.7. The lowest BCUT2D eigenvalue weighted by atomic mass is 10.2. The number of hydrazone groups is 1. The predicted molar refractivity (Wildman–Crippen MR) is 121 cm³/mol. The van der Waals surface area contributed by atoms with Gasteiger partial charge in [-0.15, -0.1) is 0 Å². The summed E-state index contributed by atoms with van der Waals surface area (Å²) in [6.07, 6.45) is 2.19. The Kier molecular flexibility index (Phi) is 9.52. The Hall–Kier alpha value is -2.69. The number of anilines is 1. The predicted octanol–water partition coefficient (Wildman–Crippen LogP) is 4.10. The van der Waals surface area contributed by atoms with Gasteiger partial charge in [0.2, 0.25) is 11.8 Å². The second kappa shape index (κ2) is 12.1. The molecule has 0 aliphatic carbocycles. The molecule has 160 valence electrons. The fraction of sp³-hybridized carbons (Fsp3) is 0.286. The molecule has 2 N–H and O–H groups in total. The Morgan fingerprint density at radius 1 is 1.20 bits per heavy atom. The average Bonchev–Trinajstić information content (AvgIpc) is 2.73. The summed E-state index contributed by atoms with van der Waals surface area (Å²) in [6.45, 7) is 2.60. The lowest BCUT2D eigenvalue weighted by Gasteiger charge is -2.12. The van der Waals surface area contributed by atoms with E-state index in [9.17, 15) is 14.0 Å². The zero-order chi connectivity index (χ0) is 21.9. The number of carbonyl (C=O) groups is 2. The number of para-hydroxylation sites is 1. The van der Waals surface area contributed by atoms with Crippen LogP contribution in [0.5, 0.6) is 11.5 Å².